The van der Waals surface area contributed by atoms with E-state index in [2.05, 4.69) is 10.6 Å². The lowest BCUT2D eigenvalue weighted by atomic mass is 10.2. The van der Waals surface area contributed by atoms with Gasteiger partial charge in [-0.15, -0.1) is 0 Å². The van der Waals surface area contributed by atoms with E-state index in [0.29, 0.717) is 11.4 Å². The van der Waals surface area contributed by atoms with E-state index in [-0.39, 0.29) is 22.2 Å². The molecular weight excluding hydrogens is 374 g/mol. The van der Waals surface area contributed by atoms with E-state index in [0.717, 1.165) is 6.07 Å². The number of carbonyl (C=O) groups is 2. The molecule has 2 aromatic rings. The molecule has 27 heavy (non-hydrogen) atoms. The third kappa shape index (κ3) is 5.89. The van der Waals surface area contributed by atoms with Gasteiger partial charge in [0.25, 0.3) is 5.91 Å². The molecule has 2 rings (SSSR count). The maximum absolute atomic E-state index is 12.0. The van der Waals surface area contributed by atoms with Crippen molar-refractivity contribution < 1.29 is 23.5 Å². The number of carbonyl (C=O) groups excluding carboxylic acids is 2. The van der Waals surface area contributed by atoms with E-state index >= 15 is 0 Å². The average molecular weight is 391 g/mol. The summed E-state index contributed by atoms with van der Waals surface area (Å²) in [5, 5.41) is 16.3. The molecule has 0 saturated heterocycles. The maximum Gasteiger partial charge on any atom is 0.312 e. The van der Waals surface area contributed by atoms with E-state index in [4.69, 9.17) is 4.74 Å². The van der Waals surface area contributed by atoms with Gasteiger partial charge in [-0.25, -0.2) is 0 Å². The molecule has 142 valence electrons. The van der Waals surface area contributed by atoms with Crippen LogP contribution in [0.25, 0.3) is 0 Å². The number of rotatable bonds is 7. The van der Waals surface area contributed by atoms with Gasteiger partial charge in [-0.3, -0.25) is 23.9 Å². The van der Waals surface area contributed by atoms with Crippen LogP contribution in [0.5, 0.6) is 5.75 Å². The Morgan fingerprint density at radius 3 is 2.22 bits per heavy atom. The second-order valence-corrected chi connectivity index (χ2v) is 6.82. The number of anilines is 2. The zero-order valence-corrected chi connectivity index (χ0v) is 15.4. The molecule has 0 aliphatic carbocycles. The van der Waals surface area contributed by atoms with Crippen LogP contribution in [0.4, 0.5) is 17.1 Å². The van der Waals surface area contributed by atoms with Gasteiger partial charge >= 0.3 is 5.69 Å². The summed E-state index contributed by atoms with van der Waals surface area (Å²) in [6.07, 6.45) is 1.41. The summed E-state index contributed by atoms with van der Waals surface area (Å²) in [6, 6.07) is 10.3. The zero-order chi connectivity index (χ0) is 20.0. The summed E-state index contributed by atoms with van der Waals surface area (Å²) in [7, 11) is -1.37. The molecule has 0 bridgehead atoms. The van der Waals surface area contributed by atoms with Gasteiger partial charge in [-0.1, -0.05) is 0 Å². The SMILES string of the molecule is CC(=O)Nc1ccc(NC(=O)COc2ccc(S(C)=O)cc2[N+](=O)[O-])cc1. The molecule has 0 aromatic heterocycles. The van der Waals surface area contributed by atoms with Crippen molar-refractivity contribution >= 4 is 39.7 Å². The van der Waals surface area contributed by atoms with E-state index in [1.807, 2.05) is 0 Å². The standard InChI is InChI=1S/C17H17N3O6S/c1-11(21)18-12-3-5-13(6-4-12)19-17(22)10-26-16-8-7-14(27(2)25)9-15(16)20(23)24/h3-9H,10H2,1-2H3,(H,18,21)(H,19,22). The summed E-state index contributed by atoms with van der Waals surface area (Å²) < 4.78 is 16.7. The number of hydrogen-bond donors (Lipinski definition) is 2. The quantitative estimate of drug-likeness (QED) is 0.551. The van der Waals surface area contributed by atoms with Gasteiger partial charge in [0, 0.05) is 35.5 Å². The van der Waals surface area contributed by atoms with Crippen molar-refractivity contribution in [3.05, 3.63) is 52.6 Å². The van der Waals surface area contributed by atoms with Gasteiger partial charge in [0.05, 0.1) is 15.7 Å². The Hall–Kier alpha value is -3.27. The Kier molecular flexibility index (Phi) is 6.61. The van der Waals surface area contributed by atoms with Gasteiger partial charge in [0.1, 0.15) is 0 Å². The lowest BCUT2D eigenvalue weighted by Crippen LogP contribution is -2.20. The van der Waals surface area contributed by atoms with Crippen LogP contribution in [0.1, 0.15) is 6.92 Å². The lowest BCUT2D eigenvalue weighted by Gasteiger charge is -2.09. The van der Waals surface area contributed by atoms with Crippen molar-refractivity contribution in [1.82, 2.24) is 0 Å². The highest BCUT2D eigenvalue weighted by Crippen LogP contribution is 2.29. The van der Waals surface area contributed by atoms with Crippen molar-refractivity contribution in [3.8, 4) is 5.75 Å². The van der Waals surface area contributed by atoms with Gasteiger partial charge in [0.2, 0.25) is 5.91 Å². The fourth-order valence-corrected chi connectivity index (χ4v) is 2.66. The second-order valence-electron chi connectivity index (χ2n) is 5.44. The highest BCUT2D eigenvalue weighted by Gasteiger charge is 2.18. The minimum absolute atomic E-state index is 0.0923. The summed E-state index contributed by atoms with van der Waals surface area (Å²) in [5.41, 5.74) is 0.694. The number of hydrogen-bond acceptors (Lipinski definition) is 6. The zero-order valence-electron chi connectivity index (χ0n) is 14.6. The molecular formula is C17H17N3O6S. The van der Waals surface area contributed by atoms with Gasteiger partial charge < -0.3 is 15.4 Å². The lowest BCUT2D eigenvalue weighted by molar-refractivity contribution is -0.386. The molecule has 0 fully saturated rings. The van der Waals surface area contributed by atoms with Gasteiger partial charge in [-0.2, -0.15) is 0 Å². The summed E-state index contributed by atoms with van der Waals surface area (Å²) in [5.74, 6) is -0.815. The fourth-order valence-electron chi connectivity index (χ4n) is 2.12. The Bertz CT molecular complexity index is 898. The predicted octanol–water partition coefficient (Wildman–Crippen LogP) is 2.31. The van der Waals surface area contributed by atoms with Crippen molar-refractivity contribution in [3.63, 3.8) is 0 Å². The number of benzene rings is 2. The normalized spacial score (nSPS) is 11.3. The van der Waals surface area contributed by atoms with Crippen molar-refractivity contribution in [1.29, 1.82) is 0 Å². The first-order chi connectivity index (χ1) is 12.8. The van der Waals surface area contributed by atoms with Crippen LogP contribution in [-0.2, 0) is 20.4 Å². The fraction of sp³-hybridized carbons (Fsp3) is 0.176. The highest BCUT2D eigenvalue weighted by molar-refractivity contribution is 7.84. The highest BCUT2D eigenvalue weighted by atomic mass is 32.2. The molecule has 0 spiro atoms. The molecule has 1 unspecified atom stereocenters. The molecule has 1 atom stereocenters. The minimum Gasteiger partial charge on any atom is -0.477 e. The summed E-state index contributed by atoms with van der Waals surface area (Å²) >= 11 is 0. The molecule has 9 nitrogen and oxygen atoms in total. The Labute approximate surface area is 157 Å². The number of nitro groups is 1. The molecule has 2 N–H and O–H groups in total. The van der Waals surface area contributed by atoms with Crippen LogP contribution in [0, 0.1) is 10.1 Å². The molecule has 0 aliphatic rings. The van der Waals surface area contributed by atoms with Crippen molar-refractivity contribution in [2.75, 3.05) is 23.5 Å². The van der Waals surface area contributed by atoms with Crippen molar-refractivity contribution in [2.45, 2.75) is 11.8 Å². The number of nitrogens with zero attached hydrogens (tertiary/aromatic N) is 1. The monoisotopic (exact) mass is 391 g/mol. The maximum atomic E-state index is 12.0. The molecule has 0 heterocycles. The summed E-state index contributed by atoms with van der Waals surface area (Å²) in [6.45, 7) is 0.944. The Morgan fingerprint density at radius 1 is 1.11 bits per heavy atom. The molecule has 10 heteroatoms. The van der Waals surface area contributed by atoms with Crippen LogP contribution in [0.15, 0.2) is 47.4 Å². The minimum atomic E-state index is -1.37. The van der Waals surface area contributed by atoms with Crippen molar-refractivity contribution in [2.24, 2.45) is 0 Å². The Balaban J connectivity index is 2.00. The van der Waals surface area contributed by atoms with E-state index in [9.17, 15) is 23.9 Å². The Morgan fingerprint density at radius 2 is 1.70 bits per heavy atom. The summed E-state index contributed by atoms with van der Waals surface area (Å²) in [4.78, 5) is 33.7. The van der Waals surface area contributed by atoms with E-state index < -0.39 is 28.2 Å². The number of ether oxygens (including phenoxy) is 1. The number of nitrogens with one attached hydrogen (secondary N) is 2. The first-order valence-corrected chi connectivity index (χ1v) is 9.24. The molecule has 0 radical (unpaired) electrons. The smallest absolute Gasteiger partial charge is 0.312 e. The largest absolute Gasteiger partial charge is 0.477 e. The second kappa shape index (κ2) is 8.90. The molecule has 2 aromatic carbocycles. The third-order valence-corrected chi connectivity index (χ3v) is 4.22. The van der Waals surface area contributed by atoms with E-state index in [1.165, 1.54) is 25.3 Å². The number of nitro benzene ring substituents is 1. The van der Waals surface area contributed by atoms with Gasteiger partial charge in [-0.05, 0) is 36.4 Å². The van der Waals surface area contributed by atoms with Crippen LogP contribution >= 0.6 is 0 Å². The first kappa shape index (κ1) is 20.0. The van der Waals surface area contributed by atoms with E-state index in [1.54, 1.807) is 24.3 Å². The molecule has 2 amide bonds. The van der Waals surface area contributed by atoms with Crippen LogP contribution in [0.2, 0.25) is 0 Å². The number of amides is 2. The van der Waals surface area contributed by atoms with Gasteiger partial charge in [0.15, 0.2) is 12.4 Å². The first-order valence-electron chi connectivity index (χ1n) is 7.68. The predicted molar refractivity (Wildman–Crippen MR) is 100 cm³/mol. The molecule has 0 saturated carbocycles. The third-order valence-electron chi connectivity index (χ3n) is 3.31. The average Bonchev–Trinajstić information content (AvgIpc) is 2.61. The topological polar surface area (TPSA) is 128 Å². The molecule has 0 aliphatic heterocycles. The van der Waals surface area contributed by atoms with Crippen LogP contribution < -0.4 is 15.4 Å². The van der Waals surface area contributed by atoms with Crippen LogP contribution in [0.3, 0.4) is 0 Å². The van der Waals surface area contributed by atoms with Crippen LogP contribution in [-0.4, -0.2) is 33.8 Å².